The number of piperazine rings is 1. The quantitative estimate of drug-likeness (QED) is 0.879. The highest BCUT2D eigenvalue weighted by Crippen LogP contribution is 2.17. The Kier molecular flexibility index (Phi) is 6.12. The fraction of sp³-hybridized carbons (Fsp3) is 0.789. The summed E-state index contributed by atoms with van der Waals surface area (Å²) in [4.78, 5) is 19.6. The molecule has 2 aliphatic heterocycles. The van der Waals surface area contributed by atoms with E-state index in [1.807, 2.05) is 18.7 Å². The fourth-order valence-corrected chi connectivity index (χ4v) is 4.19. The number of aryl methyl sites for hydroxylation is 2. The van der Waals surface area contributed by atoms with Crippen LogP contribution in [-0.2, 0) is 11.2 Å². The predicted molar refractivity (Wildman–Crippen MR) is 99.7 cm³/mol. The van der Waals surface area contributed by atoms with Gasteiger partial charge in [0.25, 0.3) is 0 Å². The first-order chi connectivity index (χ1) is 12.0. The van der Waals surface area contributed by atoms with Gasteiger partial charge in [0.15, 0.2) is 0 Å². The molecule has 140 valence electrons. The van der Waals surface area contributed by atoms with E-state index < -0.39 is 0 Å². The third kappa shape index (κ3) is 4.61. The van der Waals surface area contributed by atoms with Crippen molar-refractivity contribution in [1.82, 2.24) is 24.9 Å². The topological polar surface area (TPSA) is 55.5 Å². The van der Waals surface area contributed by atoms with Gasteiger partial charge in [0, 0.05) is 50.9 Å². The minimum Gasteiger partial charge on any atom is -0.340 e. The largest absolute Gasteiger partial charge is 0.340 e. The maximum Gasteiger partial charge on any atom is 0.222 e. The standard InChI is InChI=1S/C19H33N5O/c1-15-18(16(2)21-20-15)7-8-19(25)24-12-10-23(11-13-24)14-17-6-4-5-9-22(17)3/h17H,4-14H2,1-3H3,(H,20,21). The fourth-order valence-electron chi connectivity index (χ4n) is 4.19. The number of H-pyrrole nitrogens is 1. The number of aromatic nitrogens is 2. The lowest BCUT2D eigenvalue weighted by molar-refractivity contribution is -0.133. The van der Waals surface area contributed by atoms with Gasteiger partial charge in [-0.15, -0.1) is 0 Å². The molecule has 0 bridgehead atoms. The summed E-state index contributed by atoms with van der Waals surface area (Å²) in [6.07, 6.45) is 5.40. The summed E-state index contributed by atoms with van der Waals surface area (Å²) < 4.78 is 0. The van der Waals surface area contributed by atoms with Gasteiger partial charge in [0.05, 0.1) is 5.69 Å². The molecular weight excluding hydrogens is 314 g/mol. The lowest BCUT2D eigenvalue weighted by Crippen LogP contribution is -2.53. The SMILES string of the molecule is Cc1n[nH]c(C)c1CCC(=O)N1CCN(CC2CCCCN2C)CC1. The zero-order valence-electron chi connectivity index (χ0n) is 16.1. The molecule has 0 radical (unpaired) electrons. The van der Waals surface area contributed by atoms with Gasteiger partial charge >= 0.3 is 0 Å². The van der Waals surface area contributed by atoms with Crippen LogP contribution in [0, 0.1) is 13.8 Å². The molecular formula is C19H33N5O. The van der Waals surface area contributed by atoms with E-state index in [4.69, 9.17) is 0 Å². The van der Waals surface area contributed by atoms with Gasteiger partial charge in [-0.3, -0.25) is 14.8 Å². The van der Waals surface area contributed by atoms with Crippen molar-refractivity contribution in [2.24, 2.45) is 0 Å². The molecule has 0 aliphatic carbocycles. The normalized spacial score (nSPS) is 23.2. The highest BCUT2D eigenvalue weighted by Gasteiger charge is 2.25. The van der Waals surface area contributed by atoms with Gasteiger partial charge in [-0.05, 0) is 52.3 Å². The van der Waals surface area contributed by atoms with E-state index >= 15 is 0 Å². The number of aromatic amines is 1. The molecule has 6 nitrogen and oxygen atoms in total. The van der Waals surface area contributed by atoms with Crippen LogP contribution in [0.2, 0.25) is 0 Å². The van der Waals surface area contributed by atoms with Crippen molar-refractivity contribution in [2.45, 2.75) is 52.0 Å². The van der Waals surface area contributed by atoms with Crippen molar-refractivity contribution in [3.05, 3.63) is 17.0 Å². The van der Waals surface area contributed by atoms with Crippen LogP contribution >= 0.6 is 0 Å². The third-order valence-electron chi connectivity index (χ3n) is 5.99. The summed E-state index contributed by atoms with van der Waals surface area (Å²) in [5, 5.41) is 7.22. The number of nitrogens with one attached hydrogen (secondary N) is 1. The number of rotatable bonds is 5. The summed E-state index contributed by atoms with van der Waals surface area (Å²) in [5.74, 6) is 0.287. The van der Waals surface area contributed by atoms with Gasteiger partial charge < -0.3 is 9.80 Å². The van der Waals surface area contributed by atoms with Gasteiger partial charge in [0.1, 0.15) is 0 Å². The zero-order chi connectivity index (χ0) is 17.8. The Labute approximate surface area is 151 Å². The van der Waals surface area contributed by atoms with Crippen molar-refractivity contribution in [3.63, 3.8) is 0 Å². The summed E-state index contributed by atoms with van der Waals surface area (Å²) in [7, 11) is 2.25. The van der Waals surface area contributed by atoms with Crippen LogP contribution in [0.5, 0.6) is 0 Å². The van der Waals surface area contributed by atoms with E-state index in [0.29, 0.717) is 12.5 Å². The number of carbonyl (C=O) groups is 1. The van der Waals surface area contributed by atoms with E-state index in [2.05, 4.69) is 27.0 Å². The molecule has 2 aliphatic rings. The number of nitrogens with zero attached hydrogens (tertiary/aromatic N) is 4. The maximum absolute atomic E-state index is 12.5. The number of likely N-dealkylation sites (N-methyl/N-ethyl adjacent to an activating group) is 1. The highest BCUT2D eigenvalue weighted by atomic mass is 16.2. The number of likely N-dealkylation sites (tertiary alicyclic amines) is 1. The maximum atomic E-state index is 12.5. The first-order valence-electron chi connectivity index (χ1n) is 9.75. The molecule has 6 heteroatoms. The Morgan fingerprint density at radius 3 is 2.56 bits per heavy atom. The number of amides is 1. The van der Waals surface area contributed by atoms with Crippen molar-refractivity contribution >= 4 is 5.91 Å². The number of hydrogen-bond acceptors (Lipinski definition) is 4. The Hall–Kier alpha value is -1.40. The molecule has 1 aromatic heterocycles. The molecule has 0 spiro atoms. The molecule has 3 rings (SSSR count). The molecule has 1 amide bonds. The highest BCUT2D eigenvalue weighted by molar-refractivity contribution is 5.76. The van der Waals surface area contributed by atoms with Crippen LogP contribution in [0.3, 0.4) is 0 Å². The minimum atomic E-state index is 0.287. The van der Waals surface area contributed by atoms with Gasteiger partial charge in [-0.25, -0.2) is 0 Å². The van der Waals surface area contributed by atoms with Gasteiger partial charge in [-0.2, -0.15) is 5.10 Å². The van der Waals surface area contributed by atoms with Crippen LogP contribution < -0.4 is 0 Å². The molecule has 25 heavy (non-hydrogen) atoms. The molecule has 2 saturated heterocycles. The van der Waals surface area contributed by atoms with Crippen molar-refractivity contribution in [2.75, 3.05) is 46.3 Å². The summed E-state index contributed by atoms with van der Waals surface area (Å²) in [5.41, 5.74) is 3.31. The second-order valence-electron chi connectivity index (χ2n) is 7.72. The summed E-state index contributed by atoms with van der Waals surface area (Å²) >= 11 is 0. The smallest absolute Gasteiger partial charge is 0.222 e. The van der Waals surface area contributed by atoms with Crippen LogP contribution in [0.25, 0.3) is 0 Å². The Morgan fingerprint density at radius 2 is 1.92 bits per heavy atom. The monoisotopic (exact) mass is 347 g/mol. The van der Waals surface area contributed by atoms with Crippen LogP contribution in [0.1, 0.15) is 42.6 Å². The van der Waals surface area contributed by atoms with Crippen molar-refractivity contribution in [1.29, 1.82) is 0 Å². The average molecular weight is 348 g/mol. The van der Waals surface area contributed by atoms with Crippen LogP contribution in [0.15, 0.2) is 0 Å². The second kappa shape index (κ2) is 8.32. The Balaban J connectivity index is 1.41. The predicted octanol–water partition coefficient (Wildman–Crippen LogP) is 1.59. The van der Waals surface area contributed by atoms with Crippen LogP contribution in [-0.4, -0.2) is 83.2 Å². The number of carbonyl (C=O) groups excluding carboxylic acids is 1. The lowest BCUT2D eigenvalue weighted by atomic mass is 10.0. The van der Waals surface area contributed by atoms with Crippen LogP contribution in [0.4, 0.5) is 0 Å². The van der Waals surface area contributed by atoms with E-state index in [-0.39, 0.29) is 5.91 Å². The summed E-state index contributed by atoms with van der Waals surface area (Å²) in [6, 6.07) is 0.697. The Bertz CT molecular complexity index is 557. The molecule has 1 N–H and O–H groups in total. The van der Waals surface area contributed by atoms with E-state index in [1.54, 1.807) is 0 Å². The molecule has 3 heterocycles. The number of hydrogen-bond donors (Lipinski definition) is 1. The molecule has 0 aromatic carbocycles. The van der Waals surface area contributed by atoms with Gasteiger partial charge in [-0.1, -0.05) is 6.42 Å². The van der Waals surface area contributed by atoms with Crippen molar-refractivity contribution < 1.29 is 4.79 Å². The zero-order valence-corrected chi connectivity index (χ0v) is 16.1. The minimum absolute atomic E-state index is 0.287. The molecule has 1 unspecified atom stereocenters. The molecule has 2 fully saturated rings. The first kappa shape index (κ1) is 18.4. The molecule has 1 aromatic rings. The molecule has 0 saturated carbocycles. The van der Waals surface area contributed by atoms with Gasteiger partial charge in [0.2, 0.25) is 5.91 Å². The second-order valence-corrected chi connectivity index (χ2v) is 7.72. The van der Waals surface area contributed by atoms with E-state index in [9.17, 15) is 4.79 Å². The Morgan fingerprint density at radius 1 is 1.16 bits per heavy atom. The van der Waals surface area contributed by atoms with Crippen molar-refractivity contribution in [3.8, 4) is 0 Å². The third-order valence-corrected chi connectivity index (χ3v) is 5.99. The van der Waals surface area contributed by atoms with E-state index in [0.717, 1.165) is 50.5 Å². The van der Waals surface area contributed by atoms with E-state index in [1.165, 1.54) is 31.4 Å². The number of piperidine rings is 1. The summed E-state index contributed by atoms with van der Waals surface area (Å²) in [6.45, 7) is 10.2. The average Bonchev–Trinajstić information content (AvgIpc) is 2.93. The first-order valence-corrected chi connectivity index (χ1v) is 9.75. The molecule has 1 atom stereocenters. The lowest BCUT2D eigenvalue weighted by Gasteiger charge is -2.40.